The number of ether oxygens (including phenoxy) is 3. The Hall–Kier alpha value is -2.48. The largest absolute Gasteiger partial charge is 0.466 e. The van der Waals surface area contributed by atoms with Crippen LogP contribution in [0.4, 0.5) is 0 Å². The van der Waals surface area contributed by atoms with Crippen molar-refractivity contribution < 1.29 is 38.5 Å². The van der Waals surface area contributed by atoms with E-state index in [2.05, 4.69) is 6.92 Å². The van der Waals surface area contributed by atoms with Gasteiger partial charge in [-0.15, -0.1) is 0 Å². The summed E-state index contributed by atoms with van der Waals surface area (Å²) in [6.45, 7) is 9.43. The molecule has 0 aromatic heterocycles. The van der Waals surface area contributed by atoms with Gasteiger partial charge in [0.25, 0.3) is 0 Å². The fraction of sp³-hybridized carbons (Fsp3) is 0.724. The molecule has 1 saturated carbocycles. The van der Waals surface area contributed by atoms with E-state index in [9.17, 15) is 24.3 Å². The summed E-state index contributed by atoms with van der Waals surface area (Å²) < 4.78 is 15.4. The molecule has 8 heteroatoms. The van der Waals surface area contributed by atoms with Crippen LogP contribution in [0.25, 0.3) is 0 Å². The number of esters is 3. The zero-order valence-electron chi connectivity index (χ0n) is 23.3. The van der Waals surface area contributed by atoms with Crippen LogP contribution in [0.3, 0.4) is 0 Å². The highest BCUT2D eigenvalue weighted by molar-refractivity contribution is 6.14. The van der Waals surface area contributed by atoms with E-state index in [0.29, 0.717) is 25.9 Å². The number of carbonyl (C=O) groups excluding carboxylic acids is 4. The van der Waals surface area contributed by atoms with Crippen LogP contribution in [0.15, 0.2) is 24.3 Å². The lowest BCUT2D eigenvalue weighted by atomic mass is 9.73. The summed E-state index contributed by atoms with van der Waals surface area (Å²) in [6, 6.07) is 0. The Balaban J connectivity index is 3.24. The molecule has 1 aliphatic carbocycles. The second-order valence-electron chi connectivity index (χ2n) is 9.75. The molecule has 8 nitrogen and oxygen atoms in total. The highest BCUT2D eigenvalue weighted by Gasteiger charge is 2.61. The molecule has 0 heterocycles. The van der Waals surface area contributed by atoms with Crippen LogP contribution in [0.5, 0.6) is 0 Å². The molecule has 0 aromatic carbocycles. The van der Waals surface area contributed by atoms with Gasteiger partial charge in [0.05, 0.1) is 25.4 Å². The van der Waals surface area contributed by atoms with Crippen molar-refractivity contribution in [3.63, 3.8) is 0 Å². The molecule has 0 bridgehead atoms. The first kappa shape index (κ1) is 32.5. The van der Waals surface area contributed by atoms with Gasteiger partial charge in [-0.25, -0.2) is 0 Å². The smallest absolute Gasteiger partial charge is 0.320 e. The lowest BCUT2D eigenvalue weighted by Crippen LogP contribution is -2.43. The average molecular weight is 523 g/mol. The number of aliphatic hydroxyl groups is 1. The number of hydrogen-bond acceptors (Lipinski definition) is 8. The van der Waals surface area contributed by atoms with Crippen molar-refractivity contribution in [2.75, 3.05) is 19.8 Å². The minimum absolute atomic E-state index is 0.0486. The van der Waals surface area contributed by atoms with Gasteiger partial charge in [0.2, 0.25) is 0 Å². The predicted octanol–water partition coefficient (Wildman–Crippen LogP) is 4.87. The standard InChI is InChI=1S/C29H46O8/c1-6-10-14-18-28(5,34)20-17-22-21-23(26(32)36-8-3)25(31)29(22,27(33)37-9-4)19-15-12-11-13-16-24(30)35-7-2/h12,15,17,20,22-23,34H,6-11,13-14,16,18-19,21H2,1-5H3/b15-12?,20-17+/t22-,23+,28?,29?/m1/s1. The van der Waals surface area contributed by atoms with Crippen molar-refractivity contribution in [3.8, 4) is 0 Å². The lowest BCUT2D eigenvalue weighted by molar-refractivity contribution is -0.162. The number of hydrogen-bond donors (Lipinski definition) is 1. The fourth-order valence-electron chi connectivity index (χ4n) is 4.72. The summed E-state index contributed by atoms with van der Waals surface area (Å²) in [5.74, 6) is -3.83. The first-order chi connectivity index (χ1) is 17.6. The van der Waals surface area contributed by atoms with E-state index >= 15 is 0 Å². The Labute approximate surface area is 221 Å². The summed E-state index contributed by atoms with van der Waals surface area (Å²) in [5, 5.41) is 10.9. The van der Waals surface area contributed by atoms with Crippen LogP contribution < -0.4 is 0 Å². The quantitative estimate of drug-likeness (QED) is 0.0945. The first-order valence-corrected chi connectivity index (χ1v) is 13.7. The molecular weight excluding hydrogens is 476 g/mol. The second kappa shape index (κ2) is 16.4. The third-order valence-corrected chi connectivity index (χ3v) is 6.73. The Bertz CT molecular complexity index is 813. The molecule has 0 radical (unpaired) electrons. The molecule has 1 N–H and O–H groups in total. The van der Waals surface area contributed by atoms with Gasteiger partial charge in [-0.1, -0.05) is 50.5 Å². The molecule has 0 spiro atoms. The maximum absolute atomic E-state index is 13.7. The molecule has 0 aromatic rings. The minimum Gasteiger partial charge on any atom is -0.466 e. The Kier molecular flexibility index (Phi) is 14.4. The Morgan fingerprint density at radius 2 is 1.68 bits per heavy atom. The molecule has 37 heavy (non-hydrogen) atoms. The number of allylic oxidation sites excluding steroid dienone is 3. The van der Waals surface area contributed by atoms with E-state index in [1.54, 1.807) is 45.9 Å². The molecule has 1 aliphatic rings. The molecule has 2 unspecified atom stereocenters. The molecular formula is C29H46O8. The van der Waals surface area contributed by atoms with Crippen LogP contribution in [-0.2, 0) is 33.4 Å². The van der Waals surface area contributed by atoms with Crippen LogP contribution in [0, 0.1) is 17.3 Å². The lowest BCUT2D eigenvalue weighted by Gasteiger charge is -2.30. The third kappa shape index (κ3) is 9.72. The van der Waals surface area contributed by atoms with Gasteiger partial charge in [-0.3, -0.25) is 19.2 Å². The summed E-state index contributed by atoms with van der Waals surface area (Å²) in [7, 11) is 0. The highest BCUT2D eigenvalue weighted by atomic mass is 16.5. The van der Waals surface area contributed by atoms with E-state index in [1.165, 1.54) is 0 Å². The average Bonchev–Trinajstić information content (AvgIpc) is 3.13. The van der Waals surface area contributed by atoms with Gasteiger partial charge in [0.1, 0.15) is 11.3 Å². The van der Waals surface area contributed by atoms with Gasteiger partial charge >= 0.3 is 17.9 Å². The summed E-state index contributed by atoms with van der Waals surface area (Å²) in [5.41, 5.74) is -2.70. The molecule has 0 amide bonds. The molecule has 0 saturated heterocycles. The van der Waals surface area contributed by atoms with Crippen LogP contribution >= 0.6 is 0 Å². The molecule has 1 fully saturated rings. The van der Waals surface area contributed by atoms with Crippen molar-refractivity contribution in [2.45, 2.75) is 98.0 Å². The molecule has 210 valence electrons. The number of Topliss-reactive ketones (excluding diaryl/α,β-unsaturated/α-hetero) is 1. The summed E-state index contributed by atoms with van der Waals surface area (Å²) in [4.78, 5) is 51.2. The monoisotopic (exact) mass is 522 g/mol. The summed E-state index contributed by atoms with van der Waals surface area (Å²) in [6.07, 6.45) is 11.9. The van der Waals surface area contributed by atoms with Crippen molar-refractivity contribution in [1.82, 2.24) is 0 Å². The van der Waals surface area contributed by atoms with Crippen molar-refractivity contribution in [2.24, 2.45) is 17.3 Å². The van der Waals surface area contributed by atoms with E-state index < -0.39 is 40.6 Å². The highest BCUT2D eigenvalue weighted by Crippen LogP contribution is 2.49. The molecule has 1 rings (SSSR count). The van der Waals surface area contributed by atoms with Gasteiger partial charge in [0.15, 0.2) is 5.78 Å². The summed E-state index contributed by atoms with van der Waals surface area (Å²) >= 11 is 0. The van der Waals surface area contributed by atoms with Crippen LogP contribution in [0.1, 0.15) is 92.4 Å². The maximum Gasteiger partial charge on any atom is 0.320 e. The minimum atomic E-state index is -1.60. The number of rotatable bonds is 17. The van der Waals surface area contributed by atoms with Crippen molar-refractivity contribution >= 4 is 23.7 Å². The van der Waals surface area contributed by atoms with Crippen LogP contribution in [0.2, 0.25) is 0 Å². The van der Waals surface area contributed by atoms with E-state index in [0.717, 1.165) is 19.3 Å². The second-order valence-corrected chi connectivity index (χ2v) is 9.75. The van der Waals surface area contributed by atoms with Crippen LogP contribution in [-0.4, -0.2) is 54.2 Å². The normalized spacial score (nSPS) is 23.4. The first-order valence-electron chi connectivity index (χ1n) is 13.7. The SMILES string of the molecule is CCCCCC(C)(O)/C=C/[C@@H]1C[C@H](C(=O)OCC)C(=O)C1(CC=CCCCC(=O)OCC)C(=O)OCC. The zero-order chi connectivity index (χ0) is 27.9. The Morgan fingerprint density at radius 1 is 1.00 bits per heavy atom. The fourth-order valence-corrected chi connectivity index (χ4v) is 4.72. The van der Waals surface area contributed by atoms with Gasteiger partial charge in [-0.2, -0.15) is 0 Å². The predicted molar refractivity (Wildman–Crippen MR) is 140 cm³/mol. The van der Waals surface area contributed by atoms with Gasteiger partial charge in [-0.05, 0) is 59.8 Å². The van der Waals surface area contributed by atoms with E-state index in [4.69, 9.17) is 14.2 Å². The molecule has 0 aliphatic heterocycles. The van der Waals surface area contributed by atoms with Crippen molar-refractivity contribution in [1.29, 1.82) is 0 Å². The van der Waals surface area contributed by atoms with E-state index in [1.807, 2.05) is 6.08 Å². The topological polar surface area (TPSA) is 116 Å². The third-order valence-electron chi connectivity index (χ3n) is 6.73. The van der Waals surface area contributed by atoms with Gasteiger partial charge in [0, 0.05) is 12.3 Å². The maximum atomic E-state index is 13.7. The Morgan fingerprint density at radius 3 is 2.30 bits per heavy atom. The molecule has 4 atom stereocenters. The number of unbranched alkanes of at least 4 members (excludes halogenated alkanes) is 3. The van der Waals surface area contributed by atoms with Crippen molar-refractivity contribution in [3.05, 3.63) is 24.3 Å². The zero-order valence-corrected chi connectivity index (χ0v) is 23.3. The number of carbonyl (C=O) groups is 4. The number of ketones is 1. The van der Waals surface area contributed by atoms with E-state index in [-0.39, 0.29) is 38.4 Å². The van der Waals surface area contributed by atoms with Gasteiger partial charge < -0.3 is 19.3 Å².